The van der Waals surface area contributed by atoms with Gasteiger partial charge in [0.2, 0.25) is 0 Å². The fourth-order valence-corrected chi connectivity index (χ4v) is 9.41. The molecule has 63 heavy (non-hydrogen) atoms. The standard InChI is InChI=1S/C60H40N2O/c1-3-15-41(16-4-1)42-27-33-47(34-28-42)61(55-23-11-7-19-49(55)46-32-38-54-53-22-10-14-26-59(53)63-60(54)40-46)48-35-29-43(30-36-48)45-31-37-50(44-17-5-2-6-18-44)58(39-45)62-56-24-12-8-20-51(56)52-21-9-13-25-57(52)62/h1-40H. The molecule has 3 nitrogen and oxygen atoms in total. The summed E-state index contributed by atoms with van der Waals surface area (Å²) in [6.45, 7) is 0. The summed E-state index contributed by atoms with van der Waals surface area (Å²) in [4.78, 5) is 2.37. The molecule has 0 radical (unpaired) electrons. The van der Waals surface area contributed by atoms with Crippen molar-refractivity contribution in [2.45, 2.75) is 0 Å². The fourth-order valence-electron chi connectivity index (χ4n) is 9.41. The lowest BCUT2D eigenvalue weighted by atomic mass is 9.97. The van der Waals surface area contributed by atoms with Crippen LogP contribution in [0.1, 0.15) is 0 Å². The Bertz CT molecular complexity index is 3550. The Kier molecular flexibility index (Phi) is 8.83. The number of hydrogen-bond acceptors (Lipinski definition) is 2. The number of furan rings is 1. The third-order valence-corrected chi connectivity index (χ3v) is 12.4. The van der Waals surface area contributed by atoms with Crippen LogP contribution in [0.5, 0.6) is 0 Å². The van der Waals surface area contributed by atoms with Gasteiger partial charge in [-0.3, -0.25) is 0 Å². The first-order valence-corrected chi connectivity index (χ1v) is 21.5. The molecule has 0 spiro atoms. The second-order valence-electron chi connectivity index (χ2n) is 16.1. The smallest absolute Gasteiger partial charge is 0.136 e. The predicted molar refractivity (Wildman–Crippen MR) is 264 cm³/mol. The molecule has 0 N–H and O–H groups in total. The predicted octanol–water partition coefficient (Wildman–Crippen LogP) is 16.8. The van der Waals surface area contributed by atoms with Gasteiger partial charge in [0, 0.05) is 44.0 Å². The average Bonchev–Trinajstić information content (AvgIpc) is 3.90. The van der Waals surface area contributed by atoms with E-state index in [1.165, 1.54) is 44.1 Å². The molecular formula is C60H40N2O. The van der Waals surface area contributed by atoms with Crippen LogP contribution in [0.2, 0.25) is 0 Å². The van der Waals surface area contributed by atoms with E-state index in [0.29, 0.717) is 0 Å². The van der Waals surface area contributed by atoms with E-state index in [4.69, 9.17) is 4.42 Å². The first-order chi connectivity index (χ1) is 31.2. The minimum Gasteiger partial charge on any atom is -0.456 e. The van der Waals surface area contributed by atoms with Gasteiger partial charge in [-0.1, -0.05) is 176 Å². The summed E-state index contributed by atoms with van der Waals surface area (Å²) < 4.78 is 8.82. The summed E-state index contributed by atoms with van der Waals surface area (Å²) in [6, 6.07) is 87.1. The van der Waals surface area contributed by atoms with Crippen LogP contribution < -0.4 is 4.90 Å². The van der Waals surface area contributed by atoms with Crippen LogP contribution in [0.3, 0.4) is 0 Å². The van der Waals surface area contributed by atoms with Crippen molar-refractivity contribution >= 4 is 60.8 Å². The van der Waals surface area contributed by atoms with Crippen LogP contribution in [0.4, 0.5) is 17.1 Å². The number of aromatic nitrogens is 1. The van der Waals surface area contributed by atoms with E-state index >= 15 is 0 Å². The normalized spacial score (nSPS) is 11.5. The summed E-state index contributed by atoms with van der Waals surface area (Å²) >= 11 is 0. The van der Waals surface area contributed by atoms with E-state index < -0.39 is 0 Å². The van der Waals surface area contributed by atoms with Crippen LogP contribution in [0, 0.1) is 0 Å². The lowest BCUT2D eigenvalue weighted by Crippen LogP contribution is -2.11. The number of benzene rings is 10. The largest absolute Gasteiger partial charge is 0.456 e. The highest BCUT2D eigenvalue weighted by Gasteiger charge is 2.20. The molecule has 2 aromatic heterocycles. The Morgan fingerprint density at radius 2 is 0.794 bits per heavy atom. The number of para-hydroxylation sites is 4. The summed E-state index contributed by atoms with van der Waals surface area (Å²) in [5, 5.41) is 4.74. The van der Waals surface area contributed by atoms with E-state index in [-0.39, 0.29) is 0 Å². The summed E-state index contributed by atoms with van der Waals surface area (Å²) in [5.74, 6) is 0. The van der Waals surface area contributed by atoms with Crippen LogP contribution in [-0.4, -0.2) is 4.57 Å². The van der Waals surface area contributed by atoms with E-state index in [0.717, 1.165) is 66.9 Å². The van der Waals surface area contributed by atoms with Crippen molar-refractivity contribution in [2.24, 2.45) is 0 Å². The lowest BCUT2D eigenvalue weighted by Gasteiger charge is -2.28. The summed E-state index contributed by atoms with van der Waals surface area (Å²) in [5.41, 5.74) is 17.8. The Morgan fingerprint density at radius 1 is 0.302 bits per heavy atom. The molecule has 12 aromatic rings. The molecule has 296 valence electrons. The van der Waals surface area contributed by atoms with Crippen molar-refractivity contribution in [3.05, 3.63) is 243 Å². The van der Waals surface area contributed by atoms with Crippen molar-refractivity contribution in [2.75, 3.05) is 4.90 Å². The molecule has 0 saturated carbocycles. The highest BCUT2D eigenvalue weighted by molar-refractivity contribution is 6.10. The van der Waals surface area contributed by atoms with Crippen LogP contribution in [0.25, 0.3) is 93.9 Å². The maximum Gasteiger partial charge on any atom is 0.136 e. The number of anilines is 3. The molecule has 0 unspecified atom stereocenters. The van der Waals surface area contributed by atoms with Gasteiger partial charge in [-0.2, -0.15) is 0 Å². The third-order valence-electron chi connectivity index (χ3n) is 12.4. The molecule has 2 heterocycles. The van der Waals surface area contributed by atoms with Gasteiger partial charge in [0.15, 0.2) is 0 Å². The van der Waals surface area contributed by atoms with Crippen LogP contribution in [-0.2, 0) is 0 Å². The molecule has 0 atom stereocenters. The quantitative estimate of drug-likeness (QED) is 0.153. The number of nitrogens with zero attached hydrogens (tertiary/aromatic N) is 2. The lowest BCUT2D eigenvalue weighted by molar-refractivity contribution is 0.669. The molecule has 3 heteroatoms. The molecule has 12 rings (SSSR count). The number of fused-ring (bicyclic) bond motifs is 6. The van der Waals surface area contributed by atoms with Gasteiger partial charge in [-0.05, 0) is 100 Å². The Labute approximate surface area is 366 Å². The van der Waals surface area contributed by atoms with E-state index in [9.17, 15) is 0 Å². The molecule has 0 aliphatic carbocycles. The van der Waals surface area contributed by atoms with Gasteiger partial charge in [0.05, 0.1) is 22.4 Å². The Hall–Kier alpha value is -8.40. The molecule has 0 aliphatic heterocycles. The highest BCUT2D eigenvalue weighted by Crippen LogP contribution is 2.44. The summed E-state index contributed by atoms with van der Waals surface area (Å²) in [6.07, 6.45) is 0. The van der Waals surface area contributed by atoms with Crippen molar-refractivity contribution < 1.29 is 4.42 Å². The SMILES string of the molecule is c1ccc(-c2ccc(N(c3ccc(-c4ccc(-c5ccccc5)c(-n5c6ccccc6c6ccccc65)c4)cc3)c3ccccc3-c3ccc4c(c3)oc3ccccc34)cc2)cc1. The van der Waals surface area contributed by atoms with Crippen molar-refractivity contribution in [3.8, 4) is 50.2 Å². The molecular weight excluding hydrogens is 765 g/mol. The van der Waals surface area contributed by atoms with Crippen molar-refractivity contribution in [3.63, 3.8) is 0 Å². The van der Waals surface area contributed by atoms with Gasteiger partial charge >= 0.3 is 0 Å². The highest BCUT2D eigenvalue weighted by atomic mass is 16.3. The Balaban J connectivity index is 0.994. The molecule has 0 saturated heterocycles. The minimum absolute atomic E-state index is 0.880. The fraction of sp³-hybridized carbons (Fsp3) is 0. The maximum absolute atomic E-state index is 6.39. The Morgan fingerprint density at radius 3 is 1.48 bits per heavy atom. The third kappa shape index (κ3) is 6.38. The van der Waals surface area contributed by atoms with E-state index in [1.54, 1.807) is 0 Å². The van der Waals surface area contributed by atoms with Gasteiger partial charge in [-0.15, -0.1) is 0 Å². The zero-order valence-corrected chi connectivity index (χ0v) is 34.4. The van der Waals surface area contributed by atoms with Gasteiger partial charge in [0.25, 0.3) is 0 Å². The van der Waals surface area contributed by atoms with Gasteiger partial charge < -0.3 is 13.9 Å². The maximum atomic E-state index is 6.39. The van der Waals surface area contributed by atoms with Gasteiger partial charge in [0.1, 0.15) is 11.2 Å². The molecule has 0 amide bonds. The first kappa shape index (κ1) is 36.5. The van der Waals surface area contributed by atoms with Gasteiger partial charge in [-0.25, -0.2) is 0 Å². The van der Waals surface area contributed by atoms with E-state index in [1.807, 2.05) is 12.1 Å². The second-order valence-corrected chi connectivity index (χ2v) is 16.1. The van der Waals surface area contributed by atoms with Crippen LogP contribution >= 0.6 is 0 Å². The number of rotatable bonds is 8. The minimum atomic E-state index is 0.880. The topological polar surface area (TPSA) is 21.3 Å². The summed E-state index contributed by atoms with van der Waals surface area (Å²) in [7, 11) is 0. The molecule has 10 aromatic carbocycles. The second kappa shape index (κ2) is 15.3. The van der Waals surface area contributed by atoms with Crippen molar-refractivity contribution in [1.29, 1.82) is 0 Å². The van der Waals surface area contributed by atoms with Crippen LogP contribution in [0.15, 0.2) is 247 Å². The first-order valence-electron chi connectivity index (χ1n) is 21.5. The molecule has 0 fully saturated rings. The zero-order valence-electron chi connectivity index (χ0n) is 34.4. The van der Waals surface area contributed by atoms with E-state index in [2.05, 4.69) is 240 Å². The zero-order chi connectivity index (χ0) is 41.7. The number of hydrogen-bond donors (Lipinski definition) is 0. The van der Waals surface area contributed by atoms with Crippen molar-refractivity contribution in [1.82, 2.24) is 4.57 Å². The average molecular weight is 805 g/mol. The monoisotopic (exact) mass is 804 g/mol. The molecule has 0 bridgehead atoms. The molecule has 0 aliphatic rings.